The van der Waals surface area contributed by atoms with Crippen LogP contribution in [0, 0.1) is 0 Å². The minimum Gasteiger partial charge on any atom is -0.497 e. The molecule has 1 aromatic heterocycles. The summed E-state index contributed by atoms with van der Waals surface area (Å²) in [4.78, 5) is 7.24. The monoisotopic (exact) mass is 384 g/mol. The highest BCUT2D eigenvalue weighted by Crippen LogP contribution is 2.16. The van der Waals surface area contributed by atoms with Crippen LogP contribution in [0.2, 0.25) is 0 Å². The molecule has 7 heteroatoms. The van der Waals surface area contributed by atoms with Crippen LogP contribution in [-0.2, 0) is 6.54 Å². The summed E-state index contributed by atoms with van der Waals surface area (Å²) in [5.41, 5.74) is 1.94. The van der Waals surface area contributed by atoms with E-state index < -0.39 is 0 Å². The number of hydrogen-bond acceptors (Lipinski definition) is 4. The van der Waals surface area contributed by atoms with Crippen LogP contribution in [0.4, 0.5) is 0 Å². The van der Waals surface area contributed by atoms with Gasteiger partial charge in [-0.25, -0.2) is 9.67 Å². The number of hydrogen-bond donors (Lipinski definition) is 2. The number of guanidine groups is 1. The lowest BCUT2D eigenvalue weighted by molar-refractivity contribution is 0.267. The van der Waals surface area contributed by atoms with Gasteiger partial charge in [0, 0.05) is 25.3 Å². The highest BCUT2D eigenvalue weighted by Gasteiger charge is 2.22. The first-order valence-electron chi connectivity index (χ1n) is 10.2. The van der Waals surface area contributed by atoms with Crippen molar-refractivity contribution in [1.82, 2.24) is 25.3 Å². The summed E-state index contributed by atoms with van der Waals surface area (Å²) in [7, 11) is 1.67. The Hall–Kier alpha value is -2.54. The number of likely N-dealkylation sites (tertiary alicyclic amines) is 1. The second-order valence-corrected chi connectivity index (χ2v) is 6.95. The van der Waals surface area contributed by atoms with E-state index in [1.54, 1.807) is 7.11 Å². The van der Waals surface area contributed by atoms with Crippen molar-refractivity contribution in [1.29, 1.82) is 0 Å². The standard InChI is InChI=1S/C21H32N6O/c1-4-22-21(24-16-19-7-6-13-26(19)5-2)23-15-17-12-14-27(25-17)18-8-10-20(28-3)11-9-18/h8-12,14,19H,4-7,13,15-16H2,1-3H3,(H2,22,23,24). The van der Waals surface area contributed by atoms with Gasteiger partial charge >= 0.3 is 0 Å². The average molecular weight is 385 g/mol. The van der Waals surface area contributed by atoms with E-state index in [0.717, 1.165) is 42.7 Å². The number of aromatic nitrogens is 2. The number of aliphatic imine (C=N–C) groups is 1. The fraction of sp³-hybridized carbons (Fsp3) is 0.524. The predicted molar refractivity (Wildman–Crippen MR) is 113 cm³/mol. The number of benzene rings is 1. The van der Waals surface area contributed by atoms with Crippen LogP contribution >= 0.6 is 0 Å². The maximum atomic E-state index is 5.21. The van der Waals surface area contributed by atoms with Gasteiger partial charge < -0.3 is 15.4 Å². The lowest BCUT2D eigenvalue weighted by atomic mass is 10.2. The van der Waals surface area contributed by atoms with Gasteiger partial charge in [-0.1, -0.05) is 6.92 Å². The third-order valence-corrected chi connectivity index (χ3v) is 5.14. The second kappa shape index (κ2) is 10.1. The van der Waals surface area contributed by atoms with Crippen LogP contribution in [0.15, 0.2) is 41.5 Å². The van der Waals surface area contributed by atoms with Gasteiger partial charge in [0.2, 0.25) is 0 Å². The molecule has 1 saturated heterocycles. The SMILES string of the molecule is CCNC(=NCc1ccn(-c2ccc(OC)cc2)n1)NCC1CCCN1CC. The Morgan fingerprint density at radius 2 is 2.04 bits per heavy atom. The van der Waals surface area contributed by atoms with Crippen molar-refractivity contribution in [3.8, 4) is 11.4 Å². The quantitative estimate of drug-likeness (QED) is 0.540. The van der Waals surface area contributed by atoms with Crippen molar-refractivity contribution in [2.75, 3.05) is 33.3 Å². The molecule has 7 nitrogen and oxygen atoms in total. The molecule has 0 aliphatic carbocycles. The van der Waals surface area contributed by atoms with Crippen LogP contribution in [0.3, 0.4) is 0 Å². The largest absolute Gasteiger partial charge is 0.497 e. The maximum Gasteiger partial charge on any atom is 0.191 e. The van der Waals surface area contributed by atoms with Gasteiger partial charge in [0.05, 0.1) is 25.0 Å². The van der Waals surface area contributed by atoms with E-state index in [1.807, 2.05) is 41.2 Å². The van der Waals surface area contributed by atoms with Crippen LogP contribution in [0.25, 0.3) is 5.69 Å². The average Bonchev–Trinajstić information content (AvgIpc) is 3.39. The summed E-state index contributed by atoms with van der Waals surface area (Å²) in [5, 5.41) is 11.5. The molecule has 152 valence electrons. The topological polar surface area (TPSA) is 66.7 Å². The smallest absolute Gasteiger partial charge is 0.191 e. The molecule has 1 aliphatic heterocycles. The van der Waals surface area contributed by atoms with E-state index in [0.29, 0.717) is 12.6 Å². The van der Waals surface area contributed by atoms with E-state index >= 15 is 0 Å². The van der Waals surface area contributed by atoms with Crippen LogP contribution < -0.4 is 15.4 Å². The third-order valence-electron chi connectivity index (χ3n) is 5.14. The summed E-state index contributed by atoms with van der Waals surface area (Å²) in [6.07, 6.45) is 4.51. The lowest BCUT2D eigenvalue weighted by Gasteiger charge is -2.23. The minimum absolute atomic E-state index is 0.542. The molecule has 0 saturated carbocycles. The first kappa shape index (κ1) is 20.2. The van der Waals surface area contributed by atoms with Crippen molar-refractivity contribution in [2.24, 2.45) is 4.99 Å². The zero-order chi connectivity index (χ0) is 19.8. The first-order valence-corrected chi connectivity index (χ1v) is 10.2. The molecule has 2 N–H and O–H groups in total. The molecule has 2 aromatic rings. The first-order chi connectivity index (χ1) is 13.7. The van der Waals surface area contributed by atoms with E-state index in [2.05, 4.69) is 34.5 Å². The molecule has 1 unspecified atom stereocenters. The number of methoxy groups -OCH3 is 1. The summed E-state index contributed by atoms with van der Waals surface area (Å²) < 4.78 is 7.07. The van der Waals surface area contributed by atoms with Crippen molar-refractivity contribution in [3.05, 3.63) is 42.2 Å². The van der Waals surface area contributed by atoms with Crippen molar-refractivity contribution in [3.63, 3.8) is 0 Å². The molecular formula is C21H32N6O. The zero-order valence-electron chi connectivity index (χ0n) is 17.2. The van der Waals surface area contributed by atoms with Crippen LogP contribution in [0.1, 0.15) is 32.4 Å². The molecule has 3 rings (SSSR count). The number of nitrogens with one attached hydrogen (secondary N) is 2. The van der Waals surface area contributed by atoms with Crippen molar-refractivity contribution >= 4 is 5.96 Å². The molecule has 0 radical (unpaired) electrons. The summed E-state index contributed by atoms with van der Waals surface area (Å²) in [5.74, 6) is 1.69. The number of rotatable bonds is 8. The summed E-state index contributed by atoms with van der Waals surface area (Å²) in [6.45, 7) is 8.96. The molecule has 1 aliphatic rings. The Morgan fingerprint density at radius 1 is 1.21 bits per heavy atom. The van der Waals surface area contributed by atoms with E-state index in [-0.39, 0.29) is 0 Å². The normalized spacial score (nSPS) is 17.7. The number of likely N-dealkylation sites (N-methyl/N-ethyl adjacent to an activating group) is 1. The molecule has 28 heavy (non-hydrogen) atoms. The highest BCUT2D eigenvalue weighted by atomic mass is 16.5. The van der Waals surface area contributed by atoms with E-state index in [4.69, 9.17) is 9.73 Å². The summed E-state index contributed by atoms with van der Waals surface area (Å²) in [6, 6.07) is 10.5. The Labute approximate surface area is 167 Å². The summed E-state index contributed by atoms with van der Waals surface area (Å²) >= 11 is 0. The Bertz CT molecular complexity index is 755. The molecular weight excluding hydrogens is 352 g/mol. The van der Waals surface area contributed by atoms with E-state index in [9.17, 15) is 0 Å². The fourth-order valence-corrected chi connectivity index (χ4v) is 3.58. The van der Waals surface area contributed by atoms with Crippen LogP contribution in [0.5, 0.6) is 5.75 Å². The lowest BCUT2D eigenvalue weighted by Crippen LogP contribution is -2.44. The molecule has 1 aromatic carbocycles. The Balaban J connectivity index is 1.58. The molecule has 1 fully saturated rings. The Morgan fingerprint density at radius 3 is 2.75 bits per heavy atom. The Kier molecular flexibility index (Phi) is 7.31. The third kappa shape index (κ3) is 5.25. The van der Waals surface area contributed by atoms with Crippen LogP contribution in [-0.4, -0.2) is 60.0 Å². The van der Waals surface area contributed by atoms with Gasteiger partial charge in [0.25, 0.3) is 0 Å². The number of ether oxygens (including phenoxy) is 1. The van der Waals surface area contributed by atoms with E-state index in [1.165, 1.54) is 19.4 Å². The second-order valence-electron chi connectivity index (χ2n) is 6.95. The fourth-order valence-electron chi connectivity index (χ4n) is 3.58. The minimum atomic E-state index is 0.542. The molecule has 2 heterocycles. The van der Waals surface area contributed by atoms with Gasteiger partial charge in [-0.15, -0.1) is 0 Å². The van der Waals surface area contributed by atoms with Gasteiger partial charge in [0.15, 0.2) is 5.96 Å². The number of nitrogens with zero attached hydrogens (tertiary/aromatic N) is 4. The predicted octanol–water partition coefficient (Wildman–Crippen LogP) is 2.42. The van der Waals surface area contributed by atoms with Gasteiger partial charge in [-0.2, -0.15) is 5.10 Å². The van der Waals surface area contributed by atoms with Gasteiger partial charge in [-0.3, -0.25) is 4.90 Å². The van der Waals surface area contributed by atoms with Crippen molar-refractivity contribution < 1.29 is 4.74 Å². The van der Waals surface area contributed by atoms with Gasteiger partial charge in [0.1, 0.15) is 5.75 Å². The van der Waals surface area contributed by atoms with Crippen molar-refractivity contribution in [2.45, 2.75) is 39.3 Å². The van der Waals surface area contributed by atoms with Gasteiger partial charge in [-0.05, 0) is 63.2 Å². The molecule has 0 amide bonds. The zero-order valence-corrected chi connectivity index (χ0v) is 17.2. The molecule has 0 spiro atoms. The highest BCUT2D eigenvalue weighted by molar-refractivity contribution is 5.79. The maximum absolute atomic E-state index is 5.21. The molecule has 1 atom stereocenters. The molecule has 0 bridgehead atoms.